The number of rotatable bonds is 3. The molecule has 4 aromatic rings. The molecule has 23 heavy (non-hydrogen) atoms. The minimum atomic E-state index is -0.0238. The third-order valence-electron chi connectivity index (χ3n) is 3.75. The monoisotopic (exact) mass is 318 g/mol. The Morgan fingerprint density at radius 3 is 2.57 bits per heavy atom. The Balaban J connectivity index is 1.78. The van der Waals surface area contributed by atoms with Gasteiger partial charge < -0.3 is 0 Å². The summed E-state index contributed by atoms with van der Waals surface area (Å²) in [5.74, 6) is 0. The number of aromatic nitrogens is 2. The van der Waals surface area contributed by atoms with Gasteiger partial charge in [0.25, 0.3) is 5.56 Å². The zero-order valence-corrected chi connectivity index (χ0v) is 13.2. The Bertz CT molecular complexity index is 999. The van der Waals surface area contributed by atoms with Crippen molar-refractivity contribution in [3.05, 3.63) is 93.9 Å². The van der Waals surface area contributed by atoms with Crippen LogP contribution in [0.2, 0.25) is 0 Å². The normalized spacial score (nSPS) is 11.0. The second kappa shape index (κ2) is 5.82. The van der Waals surface area contributed by atoms with E-state index in [0.717, 1.165) is 28.2 Å². The molecule has 0 unspecified atom stereocenters. The van der Waals surface area contributed by atoms with E-state index in [4.69, 9.17) is 4.98 Å². The number of hydrogen-bond donors (Lipinski definition) is 0. The van der Waals surface area contributed by atoms with Crippen LogP contribution in [-0.4, -0.2) is 9.55 Å². The highest BCUT2D eigenvalue weighted by Crippen LogP contribution is 2.25. The molecule has 0 fully saturated rings. The standard InChI is InChI=1S/C19H14N2OS/c22-19-11-5-6-12-21(19)16-9-3-1-7-14(16)13-18-20-15-8-2-4-10-17(15)23-18/h1-12H,13H2. The molecule has 0 aliphatic carbocycles. The van der Waals surface area contributed by atoms with Crippen molar-refractivity contribution in [3.8, 4) is 5.69 Å². The van der Waals surface area contributed by atoms with Gasteiger partial charge in [-0.15, -0.1) is 11.3 Å². The molecule has 4 heteroatoms. The maximum absolute atomic E-state index is 12.1. The highest BCUT2D eigenvalue weighted by Gasteiger charge is 2.09. The smallest absolute Gasteiger partial charge is 0.255 e. The topological polar surface area (TPSA) is 34.9 Å². The molecule has 2 heterocycles. The Labute approximate surface area is 137 Å². The highest BCUT2D eigenvalue weighted by molar-refractivity contribution is 7.18. The Morgan fingerprint density at radius 2 is 1.70 bits per heavy atom. The fourth-order valence-corrected chi connectivity index (χ4v) is 3.67. The van der Waals surface area contributed by atoms with Gasteiger partial charge >= 0.3 is 0 Å². The van der Waals surface area contributed by atoms with Crippen LogP contribution in [0.5, 0.6) is 0 Å². The summed E-state index contributed by atoms with van der Waals surface area (Å²) < 4.78 is 2.87. The van der Waals surface area contributed by atoms with Gasteiger partial charge in [-0.25, -0.2) is 4.98 Å². The van der Waals surface area contributed by atoms with E-state index in [0.29, 0.717) is 0 Å². The van der Waals surface area contributed by atoms with E-state index >= 15 is 0 Å². The molecule has 112 valence electrons. The van der Waals surface area contributed by atoms with E-state index in [2.05, 4.69) is 12.1 Å². The lowest BCUT2D eigenvalue weighted by Gasteiger charge is -2.10. The zero-order valence-electron chi connectivity index (χ0n) is 12.3. The first-order valence-electron chi connectivity index (χ1n) is 7.42. The van der Waals surface area contributed by atoms with Gasteiger partial charge in [0.05, 0.1) is 20.9 Å². The summed E-state index contributed by atoms with van der Waals surface area (Å²) in [7, 11) is 0. The molecule has 0 amide bonds. The van der Waals surface area contributed by atoms with Gasteiger partial charge in [-0.2, -0.15) is 0 Å². The molecule has 2 aromatic carbocycles. The number of thiazole rings is 1. The Morgan fingerprint density at radius 1 is 0.913 bits per heavy atom. The summed E-state index contributed by atoms with van der Waals surface area (Å²) in [4.78, 5) is 16.8. The molecule has 4 rings (SSSR count). The molecule has 0 radical (unpaired) electrons. The summed E-state index contributed by atoms with van der Waals surface area (Å²) in [6.45, 7) is 0. The summed E-state index contributed by atoms with van der Waals surface area (Å²) >= 11 is 1.70. The Kier molecular flexibility index (Phi) is 3.52. The molecule has 0 atom stereocenters. The van der Waals surface area contributed by atoms with Crippen molar-refractivity contribution < 1.29 is 0 Å². The van der Waals surface area contributed by atoms with Crippen molar-refractivity contribution in [2.75, 3.05) is 0 Å². The molecule has 0 spiro atoms. The van der Waals surface area contributed by atoms with Crippen LogP contribution in [0, 0.1) is 0 Å². The van der Waals surface area contributed by atoms with E-state index < -0.39 is 0 Å². The van der Waals surface area contributed by atoms with E-state index in [9.17, 15) is 4.79 Å². The molecule has 0 aliphatic rings. The molecule has 2 aromatic heterocycles. The lowest BCUT2D eigenvalue weighted by atomic mass is 10.1. The van der Waals surface area contributed by atoms with Crippen molar-refractivity contribution in [3.63, 3.8) is 0 Å². The molecular formula is C19H14N2OS. The molecule has 0 saturated carbocycles. The zero-order chi connectivity index (χ0) is 15.6. The largest absolute Gasteiger partial charge is 0.284 e. The van der Waals surface area contributed by atoms with Crippen molar-refractivity contribution in [2.45, 2.75) is 6.42 Å². The molecule has 0 saturated heterocycles. The maximum atomic E-state index is 12.1. The third kappa shape index (κ3) is 2.69. The second-order valence-electron chi connectivity index (χ2n) is 5.29. The van der Waals surface area contributed by atoms with Crippen molar-refractivity contribution in [2.24, 2.45) is 0 Å². The number of para-hydroxylation sites is 2. The number of nitrogens with zero attached hydrogens (tertiary/aromatic N) is 2. The Hall–Kier alpha value is -2.72. The average molecular weight is 318 g/mol. The SMILES string of the molecule is O=c1ccccn1-c1ccccc1Cc1nc2ccccc2s1. The molecule has 3 nitrogen and oxygen atoms in total. The van der Waals surface area contributed by atoms with Gasteiger partial charge in [0.1, 0.15) is 0 Å². The quantitative estimate of drug-likeness (QED) is 0.571. The first-order valence-corrected chi connectivity index (χ1v) is 8.23. The minimum Gasteiger partial charge on any atom is -0.284 e. The van der Waals surface area contributed by atoms with Gasteiger partial charge in [0, 0.05) is 18.7 Å². The maximum Gasteiger partial charge on any atom is 0.255 e. The van der Waals surface area contributed by atoms with Crippen LogP contribution in [0.15, 0.2) is 77.7 Å². The van der Waals surface area contributed by atoms with Gasteiger partial charge in [-0.1, -0.05) is 36.4 Å². The summed E-state index contributed by atoms with van der Waals surface area (Å²) in [6.07, 6.45) is 2.52. The van der Waals surface area contributed by atoms with Crippen molar-refractivity contribution in [1.29, 1.82) is 0 Å². The number of hydrogen-bond acceptors (Lipinski definition) is 3. The van der Waals surface area contributed by atoms with Crippen LogP contribution in [0.25, 0.3) is 15.9 Å². The minimum absolute atomic E-state index is 0.0238. The van der Waals surface area contributed by atoms with E-state index in [1.165, 1.54) is 4.70 Å². The molecular weight excluding hydrogens is 304 g/mol. The van der Waals surface area contributed by atoms with Crippen LogP contribution in [-0.2, 0) is 6.42 Å². The molecule has 0 aliphatic heterocycles. The predicted octanol–water partition coefficient (Wildman–Crippen LogP) is 4.04. The number of benzene rings is 2. The number of pyridine rings is 1. The van der Waals surface area contributed by atoms with Crippen LogP contribution >= 0.6 is 11.3 Å². The summed E-state index contributed by atoms with van der Waals surface area (Å²) in [6, 6.07) is 21.3. The van der Waals surface area contributed by atoms with E-state index in [1.807, 2.05) is 42.5 Å². The molecule has 0 N–H and O–H groups in total. The third-order valence-corrected chi connectivity index (χ3v) is 4.79. The van der Waals surface area contributed by atoms with Gasteiger partial charge in [0.15, 0.2) is 0 Å². The first-order chi connectivity index (χ1) is 11.3. The van der Waals surface area contributed by atoms with E-state index in [1.54, 1.807) is 34.2 Å². The fraction of sp³-hybridized carbons (Fsp3) is 0.0526. The average Bonchev–Trinajstić information content (AvgIpc) is 2.98. The van der Waals surface area contributed by atoms with Gasteiger partial charge in [0.2, 0.25) is 0 Å². The summed E-state index contributed by atoms with van der Waals surface area (Å²) in [5, 5.41) is 1.06. The lowest BCUT2D eigenvalue weighted by Crippen LogP contribution is -2.17. The van der Waals surface area contributed by atoms with E-state index in [-0.39, 0.29) is 5.56 Å². The van der Waals surface area contributed by atoms with Crippen LogP contribution in [0.4, 0.5) is 0 Å². The first kappa shape index (κ1) is 13.9. The lowest BCUT2D eigenvalue weighted by molar-refractivity contribution is 0.962. The van der Waals surface area contributed by atoms with Crippen LogP contribution < -0.4 is 5.56 Å². The van der Waals surface area contributed by atoms with Crippen LogP contribution in [0.3, 0.4) is 0 Å². The second-order valence-corrected chi connectivity index (χ2v) is 6.40. The molecule has 0 bridgehead atoms. The van der Waals surface area contributed by atoms with Gasteiger partial charge in [-0.05, 0) is 29.8 Å². The van der Waals surface area contributed by atoms with Crippen LogP contribution in [0.1, 0.15) is 10.6 Å². The summed E-state index contributed by atoms with van der Waals surface area (Å²) in [5.41, 5.74) is 3.02. The predicted molar refractivity (Wildman–Crippen MR) is 94.5 cm³/mol. The highest BCUT2D eigenvalue weighted by atomic mass is 32.1. The van der Waals surface area contributed by atoms with Crippen molar-refractivity contribution >= 4 is 21.6 Å². The van der Waals surface area contributed by atoms with Crippen molar-refractivity contribution in [1.82, 2.24) is 9.55 Å². The number of fused-ring (bicyclic) bond motifs is 1. The van der Waals surface area contributed by atoms with Gasteiger partial charge in [-0.3, -0.25) is 9.36 Å². The fourth-order valence-electron chi connectivity index (χ4n) is 2.68.